The highest BCUT2D eigenvalue weighted by Gasteiger charge is 2.42. The number of carbonyl (C=O) groups excluding carboxylic acids is 1. The number of hydrogen-bond donors (Lipinski definition) is 5. The highest BCUT2D eigenvalue weighted by atomic mass is 35.5. The van der Waals surface area contributed by atoms with Crippen molar-refractivity contribution in [2.75, 3.05) is 46.0 Å². The number of amides is 2. The molecule has 0 spiro atoms. The summed E-state index contributed by atoms with van der Waals surface area (Å²) in [5.41, 5.74) is 1.58. The number of benzene rings is 3. The summed E-state index contributed by atoms with van der Waals surface area (Å²) in [7, 11) is 0.517. The van der Waals surface area contributed by atoms with Crippen LogP contribution in [0.2, 0.25) is 10.0 Å². The van der Waals surface area contributed by atoms with Gasteiger partial charge in [0.05, 0.1) is 35.7 Å². The zero-order valence-electron chi connectivity index (χ0n) is 35.1. The third-order valence-electron chi connectivity index (χ3n) is 8.43. The van der Waals surface area contributed by atoms with E-state index in [9.17, 15) is 18.9 Å². The van der Waals surface area contributed by atoms with Crippen LogP contribution in [0.4, 0.5) is 10.5 Å². The minimum absolute atomic E-state index is 0.0434. The second-order valence-corrected chi connectivity index (χ2v) is 17.6. The van der Waals surface area contributed by atoms with E-state index in [1.807, 2.05) is 45.9 Å². The summed E-state index contributed by atoms with van der Waals surface area (Å²) in [6.45, 7) is 11.6. The van der Waals surface area contributed by atoms with Crippen LogP contribution in [0.5, 0.6) is 23.0 Å². The van der Waals surface area contributed by atoms with Gasteiger partial charge in [-0.2, -0.15) is 4.68 Å². The van der Waals surface area contributed by atoms with Crippen molar-refractivity contribution in [3.05, 3.63) is 86.6 Å². The van der Waals surface area contributed by atoms with Gasteiger partial charge >= 0.3 is 25.4 Å². The van der Waals surface area contributed by atoms with Crippen LogP contribution in [0.1, 0.15) is 59.4 Å². The molecule has 1 aliphatic rings. The molecule has 0 saturated carbocycles. The van der Waals surface area contributed by atoms with Crippen LogP contribution >= 0.6 is 30.8 Å². The molecule has 4 aromatic rings. The SMILES string of the molecule is C#CCOc1cc(-n2nc(C(C)(C)C)oc2=O)c(Cl)cc1Cl.CON(C)C(=O)Nc1ccc(Oc2ccc3c(c2)OC(C)(OC)CC3(C)C)cc1.O=C(O)CNCP(=O)(O)O. The van der Waals surface area contributed by atoms with E-state index in [-0.39, 0.29) is 28.1 Å². The monoisotopic (exact) mass is 909 g/mol. The summed E-state index contributed by atoms with van der Waals surface area (Å²) < 4.78 is 39.3. The number of aliphatic carboxylic acids is 1. The van der Waals surface area contributed by atoms with Crippen molar-refractivity contribution in [1.82, 2.24) is 20.2 Å². The van der Waals surface area contributed by atoms with Crippen molar-refractivity contribution >= 4 is 48.5 Å². The molecule has 5 N–H and O–H groups in total. The number of terminal acetylenes is 1. The van der Waals surface area contributed by atoms with Crippen LogP contribution in [0, 0.1) is 12.3 Å². The molecule has 21 heteroatoms. The van der Waals surface area contributed by atoms with Gasteiger partial charge < -0.3 is 43.6 Å². The average Bonchev–Trinajstić information content (AvgIpc) is 3.56. The Hall–Kier alpha value is -5.09. The Morgan fingerprint density at radius 2 is 1.69 bits per heavy atom. The number of methoxy groups -OCH3 is 1. The smallest absolute Gasteiger partial charge is 0.442 e. The highest BCUT2D eigenvalue weighted by Crippen LogP contribution is 2.46. The van der Waals surface area contributed by atoms with Gasteiger partial charge in [0.1, 0.15) is 29.6 Å². The van der Waals surface area contributed by atoms with Crippen LogP contribution in [0.15, 0.2) is 63.8 Å². The predicted molar refractivity (Wildman–Crippen MR) is 228 cm³/mol. The second kappa shape index (κ2) is 21.1. The number of nitrogens with zero attached hydrogens (tertiary/aromatic N) is 3. The van der Waals surface area contributed by atoms with Crippen molar-refractivity contribution in [1.29, 1.82) is 0 Å². The summed E-state index contributed by atoms with van der Waals surface area (Å²) in [6, 6.07) is 15.5. The second-order valence-electron chi connectivity index (χ2n) is 15.1. The van der Waals surface area contributed by atoms with Gasteiger partial charge in [-0.3, -0.25) is 19.5 Å². The maximum Gasteiger partial charge on any atom is 0.442 e. The number of carboxylic acid groups (broad SMARTS) is 1. The minimum atomic E-state index is -4.10. The van der Waals surface area contributed by atoms with E-state index < -0.39 is 43.4 Å². The fraction of sp³-hybridized carbons (Fsp3) is 0.400. The lowest BCUT2D eigenvalue weighted by atomic mass is 9.76. The lowest BCUT2D eigenvalue weighted by Crippen LogP contribution is -2.45. The van der Waals surface area contributed by atoms with Crippen molar-refractivity contribution in [2.45, 2.75) is 64.6 Å². The zero-order valence-corrected chi connectivity index (χ0v) is 37.5. The lowest BCUT2D eigenvalue weighted by Gasteiger charge is -2.43. The number of hydroxylamine groups is 2. The molecule has 0 bridgehead atoms. The van der Waals surface area contributed by atoms with E-state index in [1.165, 1.54) is 26.3 Å². The lowest BCUT2D eigenvalue weighted by molar-refractivity contribution is -0.172. The largest absolute Gasteiger partial charge is 0.480 e. The molecule has 18 nitrogen and oxygen atoms in total. The minimum Gasteiger partial charge on any atom is -0.480 e. The number of ether oxygens (including phenoxy) is 4. The maximum atomic E-state index is 12.0. The van der Waals surface area contributed by atoms with Gasteiger partial charge in [0, 0.05) is 56.3 Å². The third-order valence-corrected chi connectivity index (χ3v) is 9.66. The van der Waals surface area contributed by atoms with Crippen LogP contribution in [0.25, 0.3) is 5.69 Å². The molecule has 332 valence electrons. The Morgan fingerprint density at radius 1 is 1.05 bits per heavy atom. The van der Waals surface area contributed by atoms with E-state index in [0.717, 1.165) is 27.5 Å². The molecule has 3 aromatic carbocycles. The first-order valence-electron chi connectivity index (χ1n) is 18.2. The Bertz CT molecular complexity index is 2300. The molecule has 1 aliphatic heterocycles. The molecule has 2 heterocycles. The first-order valence-corrected chi connectivity index (χ1v) is 20.8. The number of aromatic nitrogens is 2. The Morgan fingerprint density at radius 3 is 2.23 bits per heavy atom. The van der Waals surface area contributed by atoms with E-state index in [4.69, 9.17) is 72.7 Å². The molecule has 1 atom stereocenters. The number of hydrogen-bond acceptors (Lipinski definition) is 12. The molecule has 0 fully saturated rings. The van der Waals surface area contributed by atoms with Gasteiger partial charge in [-0.15, -0.1) is 11.5 Å². The molecule has 0 radical (unpaired) electrons. The summed E-state index contributed by atoms with van der Waals surface area (Å²) >= 11 is 12.2. The molecular formula is C40H50Cl2N5O13P. The molecular weight excluding hydrogens is 860 g/mol. The summed E-state index contributed by atoms with van der Waals surface area (Å²) in [4.78, 5) is 54.8. The fourth-order valence-electron chi connectivity index (χ4n) is 5.47. The molecule has 1 unspecified atom stereocenters. The first-order chi connectivity index (χ1) is 28.3. The standard InChI is InChI=1S/C22H28N2O5.C15H14Cl2N2O3.C3H8NO5P/c1-21(2)14-22(3,26-5)29-19-13-17(11-12-18(19)21)28-16-9-7-15(8-10-16)23-20(25)24(4)27-6;1-5-6-21-12-8-11(9(16)7-10(12)17)19-14(20)22-13(18-19)15(2,3)4;5-3(6)1-4-2-10(7,8)9/h7-13H,14H2,1-6H3,(H,23,25);1,7-8H,6H2,2-4H3;4H,1-2H2,(H,5,6)(H2,7,8,9). The van der Waals surface area contributed by atoms with Gasteiger partial charge in [-0.05, 0) is 41.8 Å². The van der Waals surface area contributed by atoms with Crippen molar-refractivity contribution in [3.8, 4) is 41.0 Å². The third kappa shape index (κ3) is 15.1. The van der Waals surface area contributed by atoms with E-state index in [1.54, 1.807) is 31.4 Å². The number of halogens is 2. The molecule has 61 heavy (non-hydrogen) atoms. The number of anilines is 1. The normalized spacial score (nSPS) is 15.3. The van der Waals surface area contributed by atoms with Gasteiger partial charge in [-0.1, -0.05) is 69.8 Å². The predicted octanol–water partition coefficient (Wildman–Crippen LogP) is 7.16. The fourth-order valence-corrected chi connectivity index (χ4v) is 6.39. The number of carboxylic acids is 1. The molecule has 1 aromatic heterocycles. The van der Waals surface area contributed by atoms with Gasteiger partial charge in [0.2, 0.25) is 11.7 Å². The number of nitrogens with one attached hydrogen (secondary N) is 2. The summed E-state index contributed by atoms with van der Waals surface area (Å²) in [6.07, 6.45) is 5.32. The van der Waals surface area contributed by atoms with Crippen LogP contribution in [0.3, 0.4) is 0 Å². The Kier molecular flexibility index (Phi) is 17.4. The average molecular weight is 911 g/mol. The number of rotatable bonds is 12. The molecule has 0 saturated heterocycles. The quantitative estimate of drug-likeness (QED) is 0.0539. The number of urea groups is 1. The number of carbonyl (C=O) groups is 2. The first kappa shape index (κ1) is 50.3. The van der Waals surface area contributed by atoms with Crippen molar-refractivity contribution in [3.63, 3.8) is 0 Å². The van der Waals surface area contributed by atoms with Crippen LogP contribution in [-0.4, -0.2) is 88.2 Å². The Balaban J connectivity index is 0.000000273. The van der Waals surface area contributed by atoms with Gasteiger partial charge in [0.25, 0.3) is 0 Å². The number of fused-ring (bicyclic) bond motifs is 1. The molecule has 5 rings (SSSR count). The molecule has 2 amide bonds. The summed E-state index contributed by atoms with van der Waals surface area (Å²) in [5.74, 6) is 2.55. The molecule has 0 aliphatic carbocycles. The van der Waals surface area contributed by atoms with Crippen molar-refractivity contribution < 1.29 is 57.2 Å². The summed E-state index contributed by atoms with van der Waals surface area (Å²) in [5, 5.41) is 18.6. The van der Waals surface area contributed by atoms with Crippen LogP contribution < -0.4 is 30.6 Å². The van der Waals surface area contributed by atoms with Crippen LogP contribution in [-0.2, 0) is 29.8 Å². The van der Waals surface area contributed by atoms with E-state index >= 15 is 0 Å². The highest BCUT2D eigenvalue weighted by molar-refractivity contribution is 7.51. The van der Waals surface area contributed by atoms with Gasteiger partial charge in [0.15, 0.2) is 0 Å². The van der Waals surface area contributed by atoms with E-state index in [2.05, 4.69) is 35.5 Å². The van der Waals surface area contributed by atoms with Crippen molar-refractivity contribution in [2.24, 2.45) is 0 Å². The maximum absolute atomic E-state index is 12.0. The van der Waals surface area contributed by atoms with E-state index in [0.29, 0.717) is 34.5 Å². The Labute approximate surface area is 363 Å². The topological polar surface area (TPSA) is 233 Å². The zero-order chi connectivity index (χ0) is 45.9. The van der Waals surface area contributed by atoms with Gasteiger partial charge in [-0.25, -0.2) is 14.7 Å².